The van der Waals surface area contributed by atoms with E-state index in [-0.39, 0.29) is 21.0 Å². The van der Waals surface area contributed by atoms with E-state index in [0.29, 0.717) is 31.7 Å². The molecule has 0 N–H and O–H groups in total. The second-order valence-corrected chi connectivity index (χ2v) is 28.7. The van der Waals surface area contributed by atoms with Gasteiger partial charge < -0.3 is 39.8 Å². The molecule has 0 aliphatic heterocycles. The molecule has 18 heteroatoms. The lowest BCUT2D eigenvalue weighted by Crippen LogP contribution is -2.46. The molecule has 0 rings (SSSR count). The van der Waals surface area contributed by atoms with Crippen LogP contribution in [-0.2, 0) is 39.8 Å². The van der Waals surface area contributed by atoms with E-state index >= 15 is 0 Å². The zero-order valence-electron chi connectivity index (χ0n) is 35.7. The van der Waals surface area contributed by atoms with Crippen molar-refractivity contribution in [3.63, 3.8) is 0 Å². The highest BCUT2D eigenvalue weighted by Crippen LogP contribution is 2.17. The van der Waals surface area contributed by atoms with E-state index in [2.05, 4.69) is 33.9 Å². The van der Waals surface area contributed by atoms with Crippen LogP contribution in [0.2, 0.25) is 37.3 Å². The molecule has 9 nitrogen and oxygen atoms in total. The minimum absolute atomic E-state index is 0.0289. The highest BCUT2D eigenvalue weighted by Gasteiger charge is 2.39. The summed E-state index contributed by atoms with van der Waals surface area (Å²) in [5.41, 5.74) is 0.825. The molecule has 0 aromatic rings. The molecule has 0 saturated heterocycles. The largest absolute Gasteiger partial charge is 0.502 e. The van der Waals surface area contributed by atoms with Gasteiger partial charge in [-0.05, 0) is 100 Å². The number of alkyl halides is 4. The van der Waals surface area contributed by atoms with Crippen molar-refractivity contribution in [2.75, 3.05) is 71.4 Å². The molecule has 316 valence electrons. The van der Waals surface area contributed by atoms with E-state index in [9.17, 15) is 0 Å². The number of rotatable bonds is 24. The van der Waals surface area contributed by atoms with E-state index in [1.165, 1.54) is 24.9 Å². The first-order valence-corrected chi connectivity index (χ1v) is 30.6. The van der Waals surface area contributed by atoms with Gasteiger partial charge in [0.25, 0.3) is 0 Å². The van der Waals surface area contributed by atoms with Gasteiger partial charge in [0.05, 0.1) is 0 Å². The average molecular weight is 905 g/mol. The zero-order valence-corrected chi connectivity index (χ0v) is 44.6. The Morgan fingerprint density at radius 2 is 0.922 bits per heavy atom. The topological polar surface area (TPSA) is 83.1 Å². The van der Waals surface area contributed by atoms with E-state index in [4.69, 9.17) is 86.2 Å². The Labute approximate surface area is 344 Å². The smallest absolute Gasteiger partial charge is 0.420 e. The van der Waals surface area contributed by atoms with Crippen LogP contribution in [0.1, 0.15) is 94.9 Å². The van der Waals surface area contributed by atoms with Gasteiger partial charge >= 0.3 is 17.6 Å². The Bertz CT molecular complexity index is 647. The Morgan fingerprint density at radius 1 is 0.510 bits per heavy atom. The summed E-state index contributed by atoms with van der Waals surface area (Å²) in [6.07, 6.45) is 4.73. The summed E-state index contributed by atoms with van der Waals surface area (Å²) in [6.45, 7) is 26.6. The zero-order chi connectivity index (χ0) is 40.9. The lowest BCUT2D eigenvalue weighted by Gasteiger charge is -2.27. The van der Waals surface area contributed by atoms with Crippen molar-refractivity contribution < 1.29 is 39.8 Å². The predicted molar refractivity (Wildman–Crippen MR) is 237 cm³/mol. The number of hydrogen-bond donors (Lipinski definition) is 0. The van der Waals surface area contributed by atoms with E-state index in [1.807, 2.05) is 55.6 Å². The average Bonchev–Trinajstić information content (AvgIpc) is 3.06. The molecule has 0 spiro atoms. The summed E-state index contributed by atoms with van der Waals surface area (Å²) < 4.78 is 48.4. The molecule has 0 saturated carbocycles. The van der Waals surface area contributed by atoms with Crippen LogP contribution in [0.25, 0.3) is 0 Å². The molecule has 0 aromatic carbocycles. The molecular formula is C33H82Cl4O9Si5. The fourth-order valence-corrected chi connectivity index (χ4v) is 11.9. The Morgan fingerprint density at radius 3 is 1.18 bits per heavy atom. The van der Waals surface area contributed by atoms with Gasteiger partial charge in [-0.2, -0.15) is 0 Å². The highest BCUT2D eigenvalue weighted by atomic mass is 35.5. The van der Waals surface area contributed by atoms with Gasteiger partial charge in [-0.1, -0.05) is 19.8 Å². The predicted octanol–water partition coefficient (Wildman–Crippen LogP) is 9.42. The SMILES string of the molecule is CC(C)(C)O[SiH2]CCCCCl.CC(C)(C)O[SiH2]CCl.CCO[Si](CCCl)(OCC)OCC.CC[Si](OC)(OC)OC.CO[Si](C)(C)CCCCCl. The lowest BCUT2D eigenvalue weighted by molar-refractivity contribution is 0.0727. The van der Waals surface area contributed by atoms with Crippen molar-refractivity contribution in [3.8, 4) is 0 Å². The van der Waals surface area contributed by atoms with Gasteiger partial charge in [-0.15, -0.1) is 46.4 Å². The first-order chi connectivity index (χ1) is 23.7. The highest BCUT2D eigenvalue weighted by molar-refractivity contribution is 6.71. The first kappa shape index (κ1) is 62.1. The number of halogens is 4. The summed E-state index contributed by atoms with van der Waals surface area (Å²) >= 11 is 22.2. The van der Waals surface area contributed by atoms with Crippen LogP contribution in [0.15, 0.2) is 0 Å². The fraction of sp³-hybridized carbons (Fsp3) is 1.00. The Hall–Kier alpha value is 1.88. The molecule has 0 aromatic heterocycles. The van der Waals surface area contributed by atoms with Crippen molar-refractivity contribution in [1.29, 1.82) is 0 Å². The molecule has 0 radical (unpaired) electrons. The molecule has 0 unspecified atom stereocenters. The van der Waals surface area contributed by atoms with Crippen LogP contribution in [0.4, 0.5) is 0 Å². The lowest BCUT2D eigenvalue weighted by atomic mass is 10.2. The maximum absolute atomic E-state index is 5.69. The Balaban J connectivity index is -0.000000175. The third-order valence-corrected chi connectivity index (χ3v) is 19.5. The van der Waals surface area contributed by atoms with Crippen molar-refractivity contribution >= 4 is 91.9 Å². The maximum atomic E-state index is 5.69. The fourth-order valence-electron chi connectivity index (χ4n) is 3.64. The molecule has 0 aliphatic rings. The van der Waals surface area contributed by atoms with E-state index in [1.54, 1.807) is 21.3 Å². The molecule has 0 bridgehead atoms. The maximum Gasteiger partial charge on any atom is 0.502 e. The van der Waals surface area contributed by atoms with Crippen LogP contribution in [-0.4, -0.2) is 128 Å². The quantitative estimate of drug-likeness (QED) is 0.0535. The second kappa shape index (κ2) is 40.1. The summed E-state index contributed by atoms with van der Waals surface area (Å²) in [7, 11) is 0.0730. The van der Waals surface area contributed by atoms with Gasteiger partial charge in [0, 0.05) is 94.7 Å². The van der Waals surface area contributed by atoms with Gasteiger partial charge in [-0.3, -0.25) is 0 Å². The van der Waals surface area contributed by atoms with Gasteiger partial charge in [0.2, 0.25) is 0 Å². The summed E-state index contributed by atoms with van der Waals surface area (Å²) in [6, 6.07) is 4.00. The van der Waals surface area contributed by atoms with Crippen LogP contribution >= 0.6 is 46.4 Å². The third-order valence-electron chi connectivity index (χ3n) is 6.50. The van der Waals surface area contributed by atoms with Crippen molar-refractivity contribution in [3.05, 3.63) is 0 Å². The van der Waals surface area contributed by atoms with Gasteiger partial charge in [0.15, 0.2) is 27.8 Å². The minimum atomic E-state index is -2.43. The minimum Gasteiger partial charge on any atom is -0.420 e. The molecular weight excluding hydrogens is 823 g/mol. The standard InChI is InChI=1S/C8H19ClO3Si.C8H19ClOSi.C7H17ClOSi.C5H13ClOSi.C5H14O3Si/c1-4-10-13(8-7-9,11-5-2)12-6-3;1-8(2,3)10-11-7-5-4-6-9;1-9-10(2,3)7-5-4-6-8;1-5(2,3)7-8-4-6;1-5-9(6-2,7-3)8-4/h4-8H2,1-3H3;4-7,11H2,1-3H3;4-7H2,1-3H3;4,8H2,1-3H3;5H2,1-4H3. The molecule has 51 heavy (non-hydrogen) atoms. The molecule has 0 heterocycles. The van der Waals surface area contributed by atoms with Gasteiger partial charge in [-0.25, -0.2) is 0 Å². The van der Waals surface area contributed by atoms with E-state index in [0.717, 1.165) is 36.1 Å². The van der Waals surface area contributed by atoms with Crippen LogP contribution in [0.5, 0.6) is 0 Å². The number of hydrogen-bond acceptors (Lipinski definition) is 9. The van der Waals surface area contributed by atoms with Crippen LogP contribution < -0.4 is 0 Å². The molecule has 0 fully saturated rings. The number of unbranched alkanes of at least 4 members (excludes halogenated alkanes) is 2. The summed E-state index contributed by atoms with van der Waals surface area (Å²) in [5, 5.41) is 0. The van der Waals surface area contributed by atoms with Gasteiger partial charge in [0.1, 0.15) is 0 Å². The van der Waals surface area contributed by atoms with Crippen molar-refractivity contribution in [2.24, 2.45) is 0 Å². The molecule has 0 aliphatic carbocycles. The van der Waals surface area contributed by atoms with Crippen LogP contribution in [0, 0.1) is 0 Å². The summed E-state index contributed by atoms with van der Waals surface area (Å²) in [5.74, 6) is 2.10. The third kappa shape index (κ3) is 48.0. The van der Waals surface area contributed by atoms with Crippen molar-refractivity contribution in [1.82, 2.24) is 0 Å². The van der Waals surface area contributed by atoms with Crippen LogP contribution in [0.3, 0.4) is 0 Å². The first-order valence-electron chi connectivity index (χ1n) is 18.4. The van der Waals surface area contributed by atoms with E-state index < -0.39 is 35.7 Å². The molecule has 0 amide bonds. The Kier molecular flexibility index (Phi) is 48.8. The normalized spacial score (nSPS) is 12.5. The monoisotopic (exact) mass is 902 g/mol. The van der Waals surface area contributed by atoms with Crippen molar-refractivity contribution in [2.45, 2.75) is 143 Å². The second-order valence-electron chi connectivity index (χ2n) is 13.5. The molecule has 0 atom stereocenters. The summed E-state index contributed by atoms with van der Waals surface area (Å²) in [4.78, 5) is 0.